The summed E-state index contributed by atoms with van der Waals surface area (Å²) in [4.78, 5) is 13.7. The second-order valence-electron chi connectivity index (χ2n) is 6.18. The van der Waals surface area contributed by atoms with Crippen molar-refractivity contribution in [2.75, 3.05) is 13.1 Å². The van der Waals surface area contributed by atoms with Crippen LogP contribution in [0.4, 0.5) is 4.39 Å². The summed E-state index contributed by atoms with van der Waals surface area (Å²) >= 11 is 0. The molecule has 0 aromatic heterocycles. The highest BCUT2D eigenvalue weighted by atomic mass is 32.2. The van der Waals surface area contributed by atoms with Crippen molar-refractivity contribution in [2.24, 2.45) is 10.6 Å². The number of halogens is 1. The summed E-state index contributed by atoms with van der Waals surface area (Å²) < 4.78 is 36.5. The molecule has 1 aromatic carbocycles. The maximum absolute atomic E-state index is 13.9. The van der Waals surface area contributed by atoms with Gasteiger partial charge < -0.3 is 4.90 Å². The van der Waals surface area contributed by atoms with Crippen LogP contribution in [0.2, 0.25) is 0 Å². The van der Waals surface area contributed by atoms with Gasteiger partial charge in [0.05, 0.1) is 10.5 Å². The molecular weight excluding hydrogens is 295 g/mol. The monoisotopic (exact) mass is 314 g/mol. The molecule has 2 N–H and O–H groups in total. The van der Waals surface area contributed by atoms with Gasteiger partial charge in [0.2, 0.25) is 10.0 Å². The molecule has 0 aliphatic carbocycles. The Bertz CT molecular complexity index is 671. The molecular formula is C14H19FN2O3S. The van der Waals surface area contributed by atoms with Gasteiger partial charge in [0, 0.05) is 13.1 Å². The first-order valence-corrected chi connectivity index (χ1v) is 8.26. The molecule has 0 unspecified atom stereocenters. The summed E-state index contributed by atoms with van der Waals surface area (Å²) in [6.45, 7) is 5.15. The van der Waals surface area contributed by atoms with Gasteiger partial charge >= 0.3 is 0 Å². The molecule has 1 amide bonds. The number of likely N-dealkylation sites (tertiary alicyclic amines) is 1. The van der Waals surface area contributed by atoms with Gasteiger partial charge in [-0.25, -0.2) is 17.9 Å². The Morgan fingerprint density at radius 1 is 1.38 bits per heavy atom. The highest BCUT2D eigenvalue weighted by Crippen LogP contribution is 2.29. The van der Waals surface area contributed by atoms with Gasteiger partial charge in [-0.15, -0.1) is 0 Å². The van der Waals surface area contributed by atoms with E-state index < -0.39 is 21.7 Å². The molecule has 1 aliphatic heterocycles. The van der Waals surface area contributed by atoms with Crippen molar-refractivity contribution >= 4 is 15.9 Å². The molecule has 0 saturated carbocycles. The third-order valence-corrected chi connectivity index (χ3v) is 4.60. The zero-order chi connectivity index (χ0) is 15.8. The van der Waals surface area contributed by atoms with Crippen molar-refractivity contribution in [1.29, 1.82) is 0 Å². The Morgan fingerprint density at radius 3 is 2.62 bits per heavy atom. The van der Waals surface area contributed by atoms with Crippen LogP contribution in [0.1, 0.15) is 37.0 Å². The molecule has 5 nitrogen and oxygen atoms in total. The Morgan fingerprint density at radius 2 is 2.05 bits per heavy atom. The number of benzene rings is 1. The number of sulfonamides is 1. The Labute approximate surface area is 124 Å². The molecule has 21 heavy (non-hydrogen) atoms. The average Bonchev–Trinajstić information content (AvgIpc) is 2.36. The number of primary sulfonamides is 1. The van der Waals surface area contributed by atoms with Gasteiger partial charge in [-0.3, -0.25) is 4.79 Å². The standard InChI is InChI=1S/C14H19FN2O3S/c1-14(2)6-3-7-17(9-14)13(18)11-8-10(21(16,19)20)4-5-12(11)15/h4-5,8H,3,6-7,9H2,1-2H3,(H2,16,19,20). The quantitative estimate of drug-likeness (QED) is 0.903. The summed E-state index contributed by atoms with van der Waals surface area (Å²) in [5.41, 5.74) is -0.277. The minimum absolute atomic E-state index is 0.0259. The molecule has 2 rings (SSSR count). The fourth-order valence-corrected chi connectivity index (χ4v) is 3.15. The van der Waals surface area contributed by atoms with E-state index in [2.05, 4.69) is 0 Å². The minimum atomic E-state index is -3.97. The smallest absolute Gasteiger partial charge is 0.256 e. The van der Waals surface area contributed by atoms with Crippen LogP contribution in [0.3, 0.4) is 0 Å². The maximum atomic E-state index is 13.9. The number of hydrogen-bond donors (Lipinski definition) is 1. The SMILES string of the molecule is CC1(C)CCCN(C(=O)c2cc(S(N)(=O)=O)ccc2F)C1. The minimum Gasteiger partial charge on any atom is -0.338 e. The third kappa shape index (κ3) is 3.59. The van der Waals surface area contributed by atoms with Crippen molar-refractivity contribution in [1.82, 2.24) is 4.90 Å². The number of nitrogens with zero attached hydrogens (tertiary/aromatic N) is 1. The number of piperidine rings is 1. The van der Waals surface area contributed by atoms with Gasteiger partial charge in [-0.2, -0.15) is 0 Å². The summed E-state index contributed by atoms with van der Waals surface area (Å²) in [6, 6.07) is 3.03. The lowest BCUT2D eigenvalue weighted by Gasteiger charge is -2.38. The van der Waals surface area contributed by atoms with E-state index in [1.54, 1.807) is 4.90 Å². The van der Waals surface area contributed by atoms with Crippen molar-refractivity contribution in [2.45, 2.75) is 31.6 Å². The van der Waals surface area contributed by atoms with Crippen molar-refractivity contribution in [3.8, 4) is 0 Å². The van der Waals surface area contributed by atoms with Crippen LogP contribution in [0.15, 0.2) is 23.1 Å². The third-order valence-electron chi connectivity index (χ3n) is 3.68. The Hall–Kier alpha value is -1.47. The normalized spacial score (nSPS) is 18.6. The van der Waals surface area contributed by atoms with Gasteiger partial charge in [0.1, 0.15) is 5.82 Å². The molecule has 0 atom stereocenters. The highest BCUT2D eigenvalue weighted by Gasteiger charge is 2.31. The lowest BCUT2D eigenvalue weighted by Crippen LogP contribution is -2.43. The molecule has 0 radical (unpaired) electrons. The first-order chi connectivity index (χ1) is 9.60. The van der Waals surface area contributed by atoms with E-state index in [1.807, 2.05) is 13.8 Å². The molecule has 1 aliphatic rings. The maximum Gasteiger partial charge on any atom is 0.256 e. The lowest BCUT2D eigenvalue weighted by molar-refractivity contribution is 0.0578. The van der Waals surface area contributed by atoms with E-state index in [0.717, 1.165) is 31.0 Å². The largest absolute Gasteiger partial charge is 0.338 e. The van der Waals surface area contributed by atoms with E-state index >= 15 is 0 Å². The summed E-state index contributed by atoms with van der Waals surface area (Å²) in [6.07, 6.45) is 1.84. The lowest BCUT2D eigenvalue weighted by atomic mass is 9.84. The molecule has 1 heterocycles. The Balaban J connectivity index is 2.35. The zero-order valence-electron chi connectivity index (χ0n) is 12.1. The van der Waals surface area contributed by atoms with E-state index in [4.69, 9.17) is 5.14 Å². The average molecular weight is 314 g/mol. The zero-order valence-corrected chi connectivity index (χ0v) is 12.9. The number of carbonyl (C=O) groups excluding carboxylic acids is 1. The van der Waals surface area contributed by atoms with Crippen LogP contribution in [-0.2, 0) is 10.0 Å². The summed E-state index contributed by atoms with van der Waals surface area (Å²) in [5, 5.41) is 5.02. The van der Waals surface area contributed by atoms with Crippen LogP contribution in [0, 0.1) is 11.2 Å². The molecule has 1 aromatic rings. The van der Waals surface area contributed by atoms with E-state index in [-0.39, 0.29) is 15.9 Å². The number of nitrogens with two attached hydrogens (primary N) is 1. The van der Waals surface area contributed by atoms with Crippen molar-refractivity contribution in [3.05, 3.63) is 29.6 Å². The molecule has 0 spiro atoms. The number of amides is 1. The molecule has 116 valence electrons. The molecule has 1 fully saturated rings. The van der Waals surface area contributed by atoms with Crippen LogP contribution in [0.25, 0.3) is 0 Å². The Kier molecular flexibility index (Phi) is 4.08. The van der Waals surface area contributed by atoms with E-state index in [9.17, 15) is 17.6 Å². The second kappa shape index (κ2) is 5.38. The van der Waals surface area contributed by atoms with Crippen LogP contribution in [-0.4, -0.2) is 32.3 Å². The molecule has 0 bridgehead atoms. The first kappa shape index (κ1) is 15.9. The first-order valence-electron chi connectivity index (χ1n) is 6.72. The van der Waals surface area contributed by atoms with Gasteiger partial charge in [-0.05, 0) is 36.5 Å². The van der Waals surface area contributed by atoms with Crippen LogP contribution < -0.4 is 5.14 Å². The molecule has 1 saturated heterocycles. The molecule has 7 heteroatoms. The predicted octanol–water partition coefficient (Wildman–Crippen LogP) is 1.74. The second-order valence-corrected chi connectivity index (χ2v) is 7.74. The highest BCUT2D eigenvalue weighted by molar-refractivity contribution is 7.89. The van der Waals surface area contributed by atoms with Crippen LogP contribution >= 0.6 is 0 Å². The van der Waals surface area contributed by atoms with Crippen LogP contribution in [0.5, 0.6) is 0 Å². The number of carbonyl (C=O) groups is 1. The fraction of sp³-hybridized carbons (Fsp3) is 0.500. The summed E-state index contributed by atoms with van der Waals surface area (Å²) in [5.74, 6) is -1.23. The fourth-order valence-electron chi connectivity index (χ4n) is 2.61. The number of rotatable bonds is 2. The van der Waals surface area contributed by atoms with Gasteiger partial charge in [-0.1, -0.05) is 13.8 Å². The van der Waals surface area contributed by atoms with Gasteiger partial charge in [0.15, 0.2) is 0 Å². The van der Waals surface area contributed by atoms with Gasteiger partial charge in [0.25, 0.3) is 5.91 Å². The van der Waals surface area contributed by atoms with Crippen molar-refractivity contribution < 1.29 is 17.6 Å². The summed E-state index contributed by atoms with van der Waals surface area (Å²) in [7, 11) is -3.97. The van der Waals surface area contributed by atoms with E-state index in [0.29, 0.717) is 13.1 Å². The number of hydrogen-bond acceptors (Lipinski definition) is 3. The topological polar surface area (TPSA) is 80.5 Å². The van der Waals surface area contributed by atoms with Crippen molar-refractivity contribution in [3.63, 3.8) is 0 Å². The van der Waals surface area contributed by atoms with E-state index in [1.165, 1.54) is 0 Å². The predicted molar refractivity (Wildman–Crippen MR) is 76.7 cm³/mol.